The van der Waals surface area contributed by atoms with Gasteiger partial charge in [-0.3, -0.25) is 14.4 Å². The molecule has 1 aromatic heterocycles. The summed E-state index contributed by atoms with van der Waals surface area (Å²) in [5.41, 5.74) is 1.45. The van der Waals surface area contributed by atoms with Crippen LogP contribution in [0.3, 0.4) is 0 Å². The number of aromatic amines is 1. The van der Waals surface area contributed by atoms with Gasteiger partial charge >= 0.3 is 0 Å². The number of amides is 3. The highest BCUT2D eigenvalue weighted by molar-refractivity contribution is 6.07. The molecule has 1 aromatic carbocycles. The molecule has 4 rings (SSSR count). The number of aromatic nitrogens is 1. The molecule has 8 nitrogen and oxygen atoms in total. The fourth-order valence-corrected chi connectivity index (χ4v) is 3.98. The van der Waals surface area contributed by atoms with Crippen LogP contribution in [0.25, 0.3) is 10.9 Å². The standard InChI is InChI=1S/C21H26N4O4/c1-23(20(27)16-13-22-17-6-3-2-5-15(16)17)14-19(26)24-8-10-25(11-9-24)21(28)18-7-4-12-29-18/h2-3,5-6,13,18,22H,4,7-12,14H2,1H3. The van der Waals surface area contributed by atoms with Gasteiger partial charge in [-0.25, -0.2) is 0 Å². The molecule has 1 unspecified atom stereocenters. The van der Waals surface area contributed by atoms with Crippen molar-refractivity contribution in [2.75, 3.05) is 46.4 Å². The topological polar surface area (TPSA) is 85.9 Å². The van der Waals surface area contributed by atoms with Gasteiger partial charge in [0, 0.05) is 56.9 Å². The van der Waals surface area contributed by atoms with Crippen LogP contribution in [-0.4, -0.2) is 89.9 Å². The maximum atomic E-state index is 12.8. The molecule has 1 atom stereocenters. The lowest BCUT2D eigenvalue weighted by Crippen LogP contribution is -2.54. The van der Waals surface area contributed by atoms with Crippen molar-refractivity contribution in [3.8, 4) is 0 Å². The molecule has 2 saturated heterocycles. The molecule has 3 heterocycles. The van der Waals surface area contributed by atoms with Crippen LogP contribution in [0.15, 0.2) is 30.5 Å². The van der Waals surface area contributed by atoms with Gasteiger partial charge in [-0.05, 0) is 18.9 Å². The van der Waals surface area contributed by atoms with Crippen molar-refractivity contribution in [3.63, 3.8) is 0 Å². The number of likely N-dealkylation sites (N-methyl/N-ethyl adjacent to an activating group) is 1. The zero-order valence-electron chi connectivity index (χ0n) is 16.6. The van der Waals surface area contributed by atoms with Gasteiger partial charge in [0.2, 0.25) is 5.91 Å². The maximum absolute atomic E-state index is 12.8. The van der Waals surface area contributed by atoms with Gasteiger partial charge in [0.15, 0.2) is 0 Å². The summed E-state index contributed by atoms with van der Waals surface area (Å²) in [6, 6.07) is 7.59. The third kappa shape index (κ3) is 3.98. The fraction of sp³-hybridized carbons (Fsp3) is 0.476. The fourth-order valence-electron chi connectivity index (χ4n) is 3.98. The van der Waals surface area contributed by atoms with E-state index >= 15 is 0 Å². The maximum Gasteiger partial charge on any atom is 0.256 e. The highest BCUT2D eigenvalue weighted by Crippen LogP contribution is 2.19. The number of fused-ring (bicyclic) bond motifs is 1. The number of hydrogen-bond acceptors (Lipinski definition) is 4. The van der Waals surface area contributed by atoms with E-state index in [1.54, 1.807) is 23.0 Å². The molecule has 1 N–H and O–H groups in total. The number of carbonyl (C=O) groups is 3. The lowest BCUT2D eigenvalue weighted by Gasteiger charge is -2.36. The van der Waals surface area contributed by atoms with E-state index in [1.165, 1.54) is 4.90 Å². The molecule has 0 radical (unpaired) electrons. The minimum atomic E-state index is -0.322. The van der Waals surface area contributed by atoms with Gasteiger partial charge in [-0.15, -0.1) is 0 Å². The van der Waals surface area contributed by atoms with Crippen molar-refractivity contribution in [1.82, 2.24) is 19.7 Å². The largest absolute Gasteiger partial charge is 0.368 e. The minimum absolute atomic E-state index is 0.0119. The first-order chi connectivity index (χ1) is 14.0. The molecule has 2 aliphatic heterocycles. The zero-order valence-corrected chi connectivity index (χ0v) is 16.6. The van der Waals surface area contributed by atoms with Crippen LogP contribution in [0.1, 0.15) is 23.2 Å². The lowest BCUT2D eigenvalue weighted by molar-refractivity contribution is -0.146. The summed E-state index contributed by atoms with van der Waals surface area (Å²) >= 11 is 0. The Kier molecular flexibility index (Phi) is 5.53. The molecular weight excluding hydrogens is 372 g/mol. The molecule has 154 valence electrons. The van der Waals surface area contributed by atoms with E-state index in [0.29, 0.717) is 38.3 Å². The summed E-state index contributed by atoms with van der Waals surface area (Å²) in [5, 5.41) is 0.845. The van der Waals surface area contributed by atoms with Gasteiger partial charge in [-0.2, -0.15) is 0 Å². The molecular formula is C21H26N4O4. The summed E-state index contributed by atoms with van der Waals surface area (Å²) in [7, 11) is 1.64. The van der Waals surface area contributed by atoms with Crippen LogP contribution in [0, 0.1) is 0 Å². The molecule has 29 heavy (non-hydrogen) atoms. The number of piperazine rings is 1. The summed E-state index contributed by atoms with van der Waals surface area (Å²) < 4.78 is 5.47. The van der Waals surface area contributed by atoms with Crippen molar-refractivity contribution >= 4 is 28.6 Å². The molecule has 0 bridgehead atoms. The van der Waals surface area contributed by atoms with Crippen LogP contribution >= 0.6 is 0 Å². The number of benzene rings is 1. The third-order valence-corrected chi connectivity index (χ3v) is 5.69. The van der Waals surface area contributed by atoms with Gasteiger partial charge < -0.3 is 24.4 Å². The van der Waals surface area contributed by atoms with Gasteiger partial charge in [0.05, 0.1) is 12.1 Å². The van der Waals surface area contributed by atoms with Crippen molar-refractivity contribution in [2.45, 2.75) is 18.9 Å². The van der Waals surface area contributed by atoms with Crippen molar-refractivity contribution in [2.24, 2.45) is 0 Å². The first-order valence-corrected chi connectivity index (χ1v) is 10.0. The first kappa shape index (κ1) is 19.4. The molecule has 2 aliphatic rings. The van der Waals surface area contributed by atoms with E-state index in [1.807, 2.05) is 24.3 Å². The lowest BCUT2D eigenvalue weighted by atomic mass is 10.1. The van der Waals surface area contributed by atoms with E-state index < -0.39 is 0 Å². The predicted octanol–water partition coefficient (Wildman–Crippen LogP) is 1.09. The average Bonchev–Trinajstić information content (AvgIpc) is 3.43. The Balaban J connectivity index is 1.31. The van der Waals surface area contributed by atoms with Gasteiger partial charge in [-0.1, -0.05) is 18.2 Å². The minimum Gasteiger partial charge on any atom is -0.368 e. The van der Waals surface area contributed by atoms with Crippen molar-refractivity contribution in [1.29, 1.82) is 0 Å². The Labute approximate surface area is 169 Å². The average molecular weight is 398 g/mol. The Hall–Kier alpha value is -2.87. The van der Waals surface area contributed by atoms with E-state index in [0.717, 1.165) is 23.7 Å². The van der Waals surface area contributed by atoms with E-state index in [9.17, 15) is 14.4 Å². The van der Waals surface area contributed by atoms with Gasteiger partial charge in [0.1, 0.15) is 6.10 Å². The highest BCUT2D eigenvalue weighted by Gasteiger charge is 2.31. The third-order valence-electron chi connectivity index (χ3n) is 5.69. The monoisotopic (exact) mass is 398 g/mol. The number of carbonyl (C=O) groups excluding carboxylic acids is 3. The van der Waals surface area contributed by atoms with Crippen LogP contribution in [0.5, 0.6) is 0 Å². The zero-order chi connectivity index (χ0) is 20.4. The van der Waals surface area contributed by atoms with Gasteiger partial charge in [0.25, 0.3) is 11.8 Å². The quantitative estimate of drug-likeness (QED) is 0.835. The molecule has 2 fully saturated rings. The molecule has 2 aromatic rings. The normalized spacial score (nSPS) is 19.6. The first-order valence-electron chi connectivity index (χ1n) is 10.0. The van der Waals surface area contributed by atoms with E-state index in [2.05, 4.69) is 4.98 Å². The number of rotatable bonds is 4. The second kappa shape index (κ2) is 8.24. The number of para-hydroxylation sites is 1. The van der Waals surface area contributed by atoms with Crippen LogP contribution in [0.4, 0.5) is 0 Å². The number of nitrogens with one attached hydrogen (secondary N) is 1. The number of hydrogen-bond donors (Lipinski definition) is 1. The Morgan fingerprint density at radius 3 is 2.59 bits per heavy atom. The predicted molar refractivity (Wildman–Crippen MR) is 107 cm³/mol. The Morgan fingerprint density at radius 2 is 1.86 bits per heavy atom. The summed E-state index contributed by atoms with van der Waals surface area (Å²) in [4.78, 5) is 45.9. The Morgan fingerprint density at radius 1 is 1.14 bits per heavy atom. The number of ether oxygens (including phenoxy) is 1. The molecule has 8 heteroatoms. The van der Waals surface area contributed by atoms with Crippen molar-refractivity contribution in [3.05, 3.63) is 36.0 Å². The second-order valence-corrected chi connectivity index (χ2v) is 7.62. The van der Waals surface area contributed by atoms with Crippen LogP contribution in [-0.2, 0) is 14.3 Å². The molecule has 0 saturated carbocycles. The smallest absolute Gasteiger partial charge is 0.256 e. The Bertz CT molecular complexity index is 910. The summed E-state index contributed by atoms with van der Waals surface area (Å²) in [6.07, 6.45) is 3.06. The van der Waals surface area contributed by atoms with E-state index in [-0.39, 0.29) is 30.4 Å². The molecule has 0 spiro atoms. The highest BCUT2D eigenvalue weighted by atomic mass is 16.5. The molecule has 0 aliphatic carbocycles. The number of H-pyrrole nitrogens is 1. The molecule has 3 amide bonds. The van der Waals surface area contributed by atoms with Crippen molar-refractivity contribution < 1.29 is 19.1 Å². The second-order valence-electron chi connectivity index (χ2n) is 7.62. The van der Waals surface area contributed by atoms with Crippen LogP contribution in [0.2, 0.25) is 0 Å². The summed E-state index contributed by atoms with van der Waals surface area (Å²) in [6.45, 7) is 2.62. The summed E-state index contributed by atoms with van der Waals surface area (Å²) in [5.74, 6) is -0.269. The van der Waals surface area contributed by atoms with E-state index in [4.69, 9.17) is 4.74 Å². The SMILES string of the molecule is CN(CC(=O)N1CCN(C(=O)C2CCCO2)CC1)C(=O)c1c[nH]c2ccccc12. The number of nitrogens with zero attached hydrogens (tertiary/aromatic N) is 3. The van der Waals surface area contributed by atoms with Crippen LogP contribution < -0.4 is 0 Å².